The number of pyridine rings is 1. The van der Waals surface area contributed by atoms with E-state index in [1.165, 1.54) is 12.3 Å². The molecule has 2 atom stereocenters. The third-order valence-corrected chi connectivity index (χ3v) is 6.60. The van der Waals surface area contributed by atoms with Gasteiger partial charge in [0.1, 0.15) is 34.9 Å². The predicted octanol–water partition coefficient (Wildman–Crippen LogP) is 4.74. The van der Waals surface area contributed by atoms with E-state index in [0.717, 1.165) is 24.6 Å². The number of rotatable bonds is 7. The van der Waals surface area contributed by atoms with Gasteiger partial charge in [-0.05, 0) is 44.9 Å². The Morgan fingerprint density at radius 2 is 2.09 bits per heavy atom. The SMILES string of the molecule is CC(C)S(=O)NC(=O)c1cc(Cl)c(OCC2CCCN2c2ccc(C(F)(F)F)nc2)cc1F. The molecule has 0 aliphatic carbocycles. The number of ether oxygens (including phenoxy) is 1. The van der Waals surface area contributed by atoms with Crippen LogP contribution < -0.4 is 14.4 Å². The number of nitrogens with zero attached hydrogens (tertiary/aromatic N) is 2. The molecule has 2 unspecified atom stereocenters. The van der Waals surface area contributed by atoms with E-state index >= 15 is 0 Å². The van der Waals surface area contributed by atoms with Gasteiger partial charge in [-0.25, -0.2) is 13.6 Å². The van der Waals surface area contributed by atoms with Crippen LogP contribution in [0.5, 0.6) is 5.75 Å². The van der Waals surface area contributed by atoms with Gasteiger partial charge >= 0.3 is 6.18 Å². The lowest BCUT2D eigenvalue weighted by molar-refractivity contribution is -0.141. The van der Waals surface area contributed by atoms with E-state index in [2.05, 4.69) is 9.71 Å². The predicted molar refractivity (Wildman–Crippen MR) is 117 cm³/mol. The minimum Gasteiger partial charge on any atom is -0.490 e. The fourth-order valence-electron chi connectivity index (χ4n) is 3.34. The molecule has 0 radical (unpaired) electrons. The van der Waals surface area contributed by atoms with E-state index in [1.54, 1.807) is 13.8 Å². The number of hydrogen-bond donors (Lipinski definition) is 1. The molecule has 0 saturated carbocycles. The lowest BCUT2D eigenvalue weighted by Gasteiger charge is -2.27. The van der Waals surface area contributed by atoms with Crippen molar-refractivity contribution in [2.24, 2.45) is 0 Å². The standard InChI is InChI=1S/C21H22ClF4N3O3S/c1-12(2)33(31)28-20(30)15-8-16(22)18(9-17(15)23)32-11-14-4-3-7-29(14)13-5-6-19(27-10-13)21(24,25)26/h5-6,8-10,12,14H,3-4,7,11H2,1-2H3,(H,28,30). The first-order valence-corrected chi connectivity index (χ1v) is 11.7. The molecule has 0 spiro atoms. The Kier molecular flexibility index (Phi) is 7.84. The topological polar surface area (TPSA) is 71.5 Å². The molecule has 1 amide bonds. The second-order valence-electron chi connectivity index (χ2n) is 7.74. The minimum atomic E-state index is -4.51. The summed E-state index contributed by atoms with van der Waals surface area (Å²) in [5.74, 6) is -1.72. The fraction of sp³-hybridized carbons (Fsp3) is 0.429. The maximum absolute atomic E-state index is 14.5. The highest BCUT2D eigenvalue weighted by molar-refractivity contribution is 7.84. The fourth-order valence-corrected chi connectivity index (χ4v) is 4.08. The lowest BCUT2D eigenvalue weighted by atomic mass is 10.2. The van der Waals surface area contributed by atoms with E-state index in [4.69, 9.17) is 16.3 Å². The van der Waals surface area contributed by atoms with E-state index in [1.807, 2.05) is 4.90 Å². The van der Waals surface area contributed by atoms with E-state index in [9.17, 15) is 26.6 Å². The lowest BCUT2D eigenvalue weighted by Crippen LogP contribution is -2.34. The highest BCUT2D eigenvalue weighted by atomic mass is 35.5. The summed E-state index contributed by atoms with van der Waals surface area (Å²) in [7, 11) is -1.67. The van der Waals surface area contributed by atoms with E-state index in [-0.39, 0.29) is 34.2 Å². The van der Waals surface area contributed by atoms with Crippen molar-refractivity contribution in [3.63, 3.8) is 0 Å². The van der Waals surface area contributed by atoms with Crippen LogP contribution >= 0.6 is 11.6 Å². The maximum atomic E-state index is 14.5. The Hall–Kier alpha value is -2.40. The van der Waals surface area contributed by atoms with Crippen molar-refractivity contribution in [2.75, 3.05) is 18.1 Å². The number of aromatic nitrogens is 1. The van der Waals surface area contributed by atoms with Crippen molar-refractivity contribution in [3.8, 4) is 5.75 Å². The molecular weight excluding hydrogens is 486 g/mol. The first kappa shape index (κ1) is 25.2. The molecule has 1 aliphatic heterocycles. The molecule has 3 rings (SSSR count). The van der Waals surface area contributed by atoms with Crippen LogP contribution in [0.2, 0.25) is 5.02 Å². The van der Waals surface area contributed by atoms with Gasteiger partial charge < -0.3 is 9.64 Å². The Labute approximate surface area is 195 Å². The molecule has 1 saturated heterocycles. The second-order valence-corrected chi connectivity index (χ2v) is 9.89. The molecule has 1 aromatic carbocycles. The Morgan fingerprint density at radius 3 is 2.70 bits per heavy atom. The summed E-state index contributed by atoms with van der Waals surface area (Å²) in [5, 5.41) is -0.345. The van der Waals surface area contributed by atoms with Crippen LogP contribution in [0.15, 0.2) is 30.5 Å². The summed E-state index contributed by atoms with van der Waals surface area (Å²) in [6.45, 7) is 3.99. The van der Waals surface area contributed by atoms with E-state index in [0.29, 0.717) is 18.7 Å². The minimum absolute atomic E-state index is 0.00220. The van der Waals surface area contributed by atoms with Gasteiger partial charge in [-0.1, -0.05) is 11.6 Å². The highest BCUT2D eigenvalue weighted by Crippen LogP contribution is 2.32. The van der Waals surface area contributed by atoms with Crippen molar-refractivity contribution in [3.05, 3.63) is 52.6 Å². The summed E-state index contributed by atoms with van der Waals surface area (Å²) in [5.41, 5.74) is -0.807. The van der Waals surface area contributed by atoms with Gasteiger partial charge in [-0.2, -0.15) is 13.2 Å². The molecule has 6 nitrogen and oxygen atoms in total. The normalized spacial score (nSPS) is 17.3. The van der Waals surface area contributed by atoms with Crippen LogP contribution in [0.4, 0.5) is 23.2 Å². The molecule has 33 heavy (non-hydrogen) atoms. The number of halogens is 5. The molecule has 1 fully saturated rings. The van der Waals surface area contributed by atoms with Gasteiger partial charge in [0.15, 0.2) is 0 Å². The Balaban J connectivity index is 1.68. The average Bonchev–Trinajstić information content (AvgIpc) is 3.22. The van der Waals surface area contributed by atoms with Gasteiger partial charge in [0.25, 0.3) is 5.91 Å². The van der Waals surface area contributed by atoms with Crippen molar-refractivity contribution in [1.82, 2.24) is 9.71 Å². The molecule has 1 N–H and O–H groups in total. The van der Waals surface area contributed by atoms with Crippen molar-refractivity contribution in [2.45, 2.75) is 44.2 Å². The third kappa shape index (κ3) is 6.14. The molecule has 2 heterocycles. The van der Waals surface area contributed by atoms with Crippen molar-refractivity contribution in [1.29, 1.82) is 0 Å². The zero-order chi connectivity index (χ0) is 24.3. The largest absolute Gasteiger partial charge is 0.490 e. The average molecular weight is 508 g/mol. The van der Waals surface area contributed by atoms with Crippen LogP contribution in [0.3, 0.4) is 0 Å². The number of nitrogens with one attached hydrogen (secondary N) is 1. The zero-order valence-electron chi connectivity index (χ0n) is 17.8. The molecule has 1 aliphatic rings. The van der Waals surface area contributed by atoms with Gasteiger partial charge in [0.05, 0.1) is 28.5 Å². The summed E-state index contributed by atoms with van der Waals surface area (Å²) < 4.78 is 72.4. The number of anilines is 1. The third-order valence-electron chi connectivity index (χ3n) is 5.07. The number of hydrogen-bond acceptors (Lipinski definition) is 5. The number of alkyl halides is 3. The second kappa shape index (κ2) is 10.3. The van der Waals surface area contributed by atoms with Gasteiger partial charge in [0.2, 0.25) is 0 Å². The quantitative estimate of drug-likeness (QED) is 0.548. The number of carbonyl (C=O) groups excluding carboxylic acids is 1. The van der Waals surface area contributed by atoms with Gasteiger partial charge in [-0.3, -0.25) is 9.52 Å². The molecular formula is C21H22ClF4N3O3S. The van der Waals surface area contributed by atoms with Crippen molar-refractivity contribution >= 4 is 34.2 Å². The van der Waals surface area contributed by atoms with Gasteiger partial charge in [-0.15, -0.1) is 0 Å². The smallest absolute Gasteiger partial charge is 0.433 e. The highest BCUT2D eigenvalue weighted by Gasteiger charge is 2.33. The van der Waals surface area contributed by atoms with Crippen LogP contribution in [0, 0.1) is 5.82 Å². The summed E-state index contributed by atoms with van der Waals surface area (Å²) in [6.07, 6.45) is -1.84. The summed E-state index contributed by atoms with van der Waals surface area (Å²) in [6, 6.07) is 4.18. The Morgan fingerprint density at radius 1 is 1.36 bits per heavy atom. The van der Waals surface area contributed by atoms with Crippen LogP contribution in [0.25, 0.3) is 0 Å². The zero-order valence-corrected chi connectivity index (χ0v) is 19.4. The first-order chi connectivity index (χ1) is 15.5. The summed E-state index contributed by atoms with van der Waals surface area (Å²) in [4.78, 5) is 17.5. The van der Waals surface area contributed by atoms with Crippen LogP contribution in [-0.4, -0.2) is 39.5 Å². The molecule has 180 valence electrons. The maximum Gasteiger partial charge on any atom is 0.433 e. The van der Waals surface area contributed by atoms with E-state index < -0.39 is 34.6 Å². The summed E-state index contributed by atoms with van der Waals surface area (Å²) >= 11 is 6.17. The molecule has 2 aromatic rings. The van der Waals surface area contributed by atoms with Crippen LogP contribution in [-0.2, 0) is 17.2 Å². The number of amides is 1. The molecule has 1 aromatic heterocycles. The Bertz CT molecular complexity index is 1030. The molecule has 12 heteroatoms. The monoisotopic (exact) mass is 507 g/mol. The molecule has 0 bridgehead atoms. The number of benzene rings is 1. The van der Waals surface area contributed by atoms with Crippen molar-refractivity contribution < 1.29 is 31.3 Å². The van der Waals surface area contributed by atoms with Gasteiger partial charge in [0, 0.05) is 17.9 Å². The number of carbonyl (C=O) groups is 1. The van der Waals surface area contributed by atoms with Crippen LogP contribution in [0.1, 0.15) is 42.7 Å². The first-order valence-electron chi connectivity index (χ1n) is 10.1.